The summed E-state index contributed by atoms with van der Waals surface area (Å²) in [5, 5.41) is 8.72. The van der Waals surface area contributed by atoms with Crippen molar-refractivity contribution in [3.8, 4) is 6.07 Å². The first-order valence-electron chi connectivity index (χ1n) is 6.74. The van der Waals surface area contributed by atoms with Crippen LogP contribution in [0.4, 0.5) is 4.79 Å². The molecule has 0 aromatic rings. The van der Waals surface area contributed by atoms with Crippen LogP contribution < -0.4 is 0 Å². The average Bonchev–Trinajstić information content (AvgIpc) is 2.72. The van der Waals surface area contributed by atoms with Crippen LogP contribution >= 0.6 is 0 Å². The summed E-state index contributed by atoms with van der Waals surface area (Å²) in [6.45, 7) is 7.29. The highest BCUT2D eigenvalue weighted by Gasteiger charge is 2.43. The van der Waals surface area contributed by atoms with E-state index in [9.17, 15) is 4.79 Å². The molecule has 100 valence electrons. The lowest BCUT2D eigenvalue weighted by atomic mass is 10.0. The molecule has 1 aliphatic heterocycles. The van der Waals surface area contributed by atoms with Gasteiger partial charge in [0, 0.05) is 19.5 Å². The van der Waals surface area contributed by atoms with Gasteiger partial charge in [0.05, 0.1) is 6.07 Å². The Hall–Kier alpha value is -1.24. The van der Waals surface area contributed by atoms with E-state index in [0.717, 1.165) is 25.9 Å². The maximum Gasteiger partial charge on any atom is 0.410 e. The zero-order valence-corrected chi connectivity index (χ0v) is 11.5. The SMILES string of the molecule is CC(C)(C)OC(=O)N1CC2CC(CC#N)CC2C1. The molecule has 0 spiro atoms. The normalized spacial score (nSPS) is 31.0. The number of ether oxygens (including phenoxy) is 1. The van der Waals surface area contributed by atoms with Gasteiger partial charge >= 0.3 is 6.09 Å². The predicted molar refractivity (Wildman–Crippen MR) is 67.7 cm³/mol. The highest BCUT2D eigenvalue weighted by molar-refractivity contribution is 5.68. The van der Waals surface area contributed by atoms with Gasteiger partial charge in [-0.05, 0) is 51.4 Å². The largest absolute Gasteiger partial charge is 0.444 e. The van der Waals surface area contributed by atoms with Crippen LogP contribution in [0.25, 0.3) is 0 Å². The Morgan fingerprint density at radius 2 is 1.89 bits per heavy atom. The second kappa shape index (κ2) is 4.79. The molecule has 0 N–H and O–H groups in total. The summed E-state index contributed by atoms with van der Waals surface area (Å²) in [7, 11) is 0. The highest BCUT2D eigenvalue weighted by Crippen LogP contribution is 2.42. The first-order valence-corrected chi connectivity index (χ1v) is 6.74. The molecule has 1 saturated heterocycles. The molecular formula is C14H22N2O2. The highest BCUT2D eigenvalue weighted by atomic mass is 16.6. The summed E-state index contributed by atoms with van der Waals surface area (Å²) in [4.78, 5) is 13.8. The van der Waals surface area contributed by atoms with Gasteiger partial charge in [-0.1, -0.05) is 0 Å². The molecule has 0 aromatic carbocycles. The molecule has 0 aromatic heterocycles. The van der Waals surface area contributed by atoms with Crippen molar-refractivity contribution in [2.24, 2.45) is 17.8 Å². The topological polar surface area (TPSA) is 53.3 Å². The van der Waals surface area contributed by atoms with E-state index >= 15 is 0 Å². The quantitative estimate of drug-likeness (QED) is 0.719. The van der Waals surface area contributed by atoms with Crippen molar-refractivity contribution < 1.29 is 9.53 Å². The van der Waals surface area contributed by atoms with Gasteiger partial charge in [-0.2, -0.15) is 5.26 Å². The van der Waals surface area contributed by atoms with Gasteiger partial charge in [0.1, 0.15) is 5.60 Å². The van der Waals surface area contributed by atoms with Gasteiger partial charge in [-0.3, -0.25) is 0 Å². The van der Waals surface area contributed by atoms with E-state index < -0.39 is 5.60 Å². The third-order valence-corrected chi connectivity index (χ3v) is 3.88. The van der Waals surface area contributed by atoms with Crippen molar-refractivity contribution in [3.05, 3.63) is 0 Å². The Balaban J connectivity index is 1.85. The number of fused-ring (bicyclic) bond motifs is 1. The number of rotatable bonds is 1. The zero-order valence-electron chi connectivity index (χ0n) is 11.5. The first-order chi connectivity index (χ1) is 8.39. The van der Waals surface area contributed by atoms with Crippen LogP contribution in [-0.2, 0) is 4.74 Å². The van der Waals surface area contributed by atoms with Crippen LogP contribution in [0.2, 0.25) is 0 Å². The minimum atomic E-state index is -0.419. The monoisotopic (exact) mass is 250 g/mol. The second-order valence-corrected chi connectivity index (χ2v) is 6.61. The fourth-order valence-electron chi connectivity index (χ4n) is 3.20. The summed E-state index contributed by atoms with van der Waals surface area (Å²) >= 11 is 0. The zero-order chi connectivity index (χ0) is 13.3. The number of carbonyl (C=O) groups excluding carboxylic acids is 1. The van der Waals surface area contributed by atoms with E-state index in [4.69, 9.17) is 10.00 Å². The summed E-state index contributed by atoms with van der Waals surface area (Å²) in [6, 6.07) is 2.26. The molecule has 1 aliphatic carbocycles. The average molecular weight is 250 g/mol. The van der Waals surface area contributed by atoms with Crippen molar-refractivity contribution in [3.63, 3.8) is 0 Å². The Kier molecular flexibility index (Phi) is 3.52. The van der Waals surface area contributed by atoms with Gasteiger partial charge in [0.25, 0.3) is 0 Å². The van der Waals surface area contributed by atoms with Gasteiger partial charge in [-0.25, -0.2) is 4.79 Å². The Labute approximate surface area is 109 Å². The Morgan fingerprint density at radius 1 is 1.33 bits per heavy atom. The van der Waals surface area contributed by atoms with Crippen LogP contribution in [0.1, 0.15) is 40.0 Å². The molecule has 2 aliphatic rings. The lowest BCUT2D eigenvalue weighted by Crippen LogP contribution is -2.36. The van der Waals surface area contributed by atoms with Crippen molar-refractivity contribution in [1.82, 2.24) is 4.90 Å². The van der Waals surface area contributed by atoms with Gasteiger partial charge < -0.3 is 9.64 Å². The smallest absolute Gasteiger partial charge is 0.410 e. The van der Waals surface area contributed by atoms with Crippen LogP contribution in [0.15, 0.2) is 0 Å². The van der Waals surface area contributed by atoms with E-state index in [1.54, 1.807) is 0 Å². The summed E-state index contributed by atoms with van der Waals surface area (Å²) < 4.78 is 5.40. The van der Waals surface area contributed by atoms with E-state index in [1.165, 1.54) is 0 Å². The first kappa shape index (κ1) is 13.2. The minimum Gasteiger partial charge on any atom is -0.444 e. The van der Waals surface area contributed by atoms with Crippen LogP contribution in [0, 0.1) is 29.1 Å². The van der Waals surface area contributed by atoms with Crippen molar-refractivity contribution in [1.29, 1.82) is 5.26 Å². The number of hydrogen-bond acceptors (Lipinski definition) is 3. The summed E-state index contributed by atoms with van der Waals surface area (Å²) in [5.41, 5.74) is -0.419. The standard InChI is InChI=1S/C14H22N2O2/c1-14(2,3)18-13(17)16-8-11-6-10(4-5-15)7-12(11)9-16/h10-12H,4,6-9H2,1-3H3. The van der Waals surface area contributed by atoms with Gasteiger partial charge in [0.15, 0.2) is 0 Å². The molecule has 4 heteroatoms. The minimum absolute atomic E-state index is 0.186. The molecule has 0 bridgehead atoms. The number of nitrogens with zero attached hydrogens (tertiary/aromatic N) is 2. The Bertz CT molecular complexity index is 353. The molecule has 2 unspecified atom stereocenters. The third kappa shape index (κ3) is 2.95. The number of carbonyl (C=O) groups is 1. The van der Waals surface area contributed by atoms with Crippen LogP contribution in [0.5, 0.6) is 0 Å². The molecule has 4 nitrogen and oxygen atoms in total. The Morgan fingerprint density at radius 3 is 2.33 bits per heavy atom. The van der Waals surface area contributed by atoms with Crippen molar-refractivity contribution >= 4 is 6.09 Å². The maximum atomic E-state index is 12.0. The number of amides is 1. The number of likely N-dealkylation sites (tertiary alicyclic amines) is 1. The van der Waals surface area contributed by atoms with Gasteiger partial charge in [0.2, 0.25) is 0 Å². The lowest BCUT2D eigenvalue weighted by molar-refractivity contribution is 0.0278. The van der Waals surface area contributed by atoms with Crippen LogP contribution in [0.3, 0.4) is 0 Å². The molecule has 1 amide bonds. The van der Waals surface area contributed by atoms with E-state index in [2.05, 4.69) is 6.07 Å². The fourth-order valence-corrected chi connectivity index (χ4v) is 3.20. The predicted octanol–water partition coefficient (Wildman–Crippen LogP) is 2.79. The van der Waals surface area contributed by atoms with Gasteiger partial charge in [-0.15, -0.1) is 0 Å². The van der Waals surface area contributed by atoms with E-state index in [-0.39, 0.29) is 6.09 Å². The number of hydrogen-bond donors (Lipinski definition) is 0. The summed E-state index contributed by atoms with van der Waals surface area (Å²) in [6.07, 6.45) is 2.67. The van der Waals surface area contributed by atoms with Crippen molar-refractivity contribution in [2.45, 2.75) is 45.6 Å². The molecule has 2 atom stereocenters. The molecular weight excluding hydrogens is 228 g/mol. The molecule has 1 heterocycles. The molecule has 1 saturated carbocycles. The second-order valence-electron chi connectivity index (χ2n) is 6.61. The summed E-state index contributed by atoms with van der Waals surface area (Å²) in [5.74, 6) is 1.71. The maximum absolute atomic E-state index is 12.0. The fraction of sp³-hybridized carbons (Fsp3) is 0.857. The number of nitriles is 1. The van der Waals surface area contributed by atoms with E-state index in [1.807, 2.05) is 25.7 Å². The molecule has 0 radical (unpaired) electrons. The molecule has 2 fully saturated rings. The van der Waals surface area contributed by atoms with Crippen molar-refractivity contribution in [2.75, 3.05) is 13.1 Å². The lowest BCUT2D eigenvalue weighted by Gasteiger charge is -2.25. The molecule has 2 rings (SSSR count). The van der Waals surface area contributed by atoms with E-state index in [0.29, 0.717) is 24.2 Å². The molecule has 18 heavy (non-hydrogen) atoms. The third-order valence-electron chi connectivity index (χ3n) is 3.88. The van der Waals surface area contributed by atoms with Crippen LogP contribution in [-0.4, -0.2) is 29.7 Å².